The van der Waals surface area contributed by atoms with Gasteiger partial charge < -0.3 is 5.73 Å². The molecule has 116 valence electrons. The number of fused-ring (bicyclic) bond motifs is 1. The van der Waals surface area contributed by atoms with Crippen LogP contribution in [0.3, 0.4) is 0 Å². The van der Waals surface area contributed by atoms with E-state index in [-0.39, 0.29) is 0 Å². The highest BCUT2D eigenvalue weighted by Crippen LogP contribution is 2.39. The summed E-state index contributed by atoms with van der Waals surface area (Å²) in [5, 5.41) is 0. The number of hydrogen-bond acceptors (Lipinski definition) is 2. The van der Waals surface area contributed by atoms with Crippen LogP contribution in [0.1, 0.15) is 61.3 Å². The zero-order valence-electron chi connectivity index (χ0n) is 13.6. The monoisotopic (exact) mass is 286 g/mol. The summed E-state index contributed by atoms with van der Waals surface area (Å²) in [7, 11) is 0. The topological polar surface area (TPSA) is 29.3 Å². The van der Waals surface area contributed by atoms with E-state index in [9.17, 15) is 0 Å². The number of aryl methyl sites for hydroxylation is 2. The highest BCUT2D eigenvalue weighted by atomic mass is 15.2. The molecule has 1 aliphatic heterocycles. The molecule has 0 bridgehead atoms. The van der Waals surface area contributed by atoms with Crippen LogP contribution in [0.25, 0.3) is 0 Å². The smallest absolute Gasteiger partial charge is 0.0476 e. The Morgan fingerprint density at radius 2 is 1.90 bits per heavy atom. The van der Waals surface area contributed by atoms with E-state index >= 15 is 0 Å². The molecule has 0 aromatic heterocycles. The van der Waals surface area contributed by atoms with Crippen molar-refractivity contribution in [3.63, 3.8) is 0 Å². The van der Waals surface area contributed by atoms with E-state index in [2.05, 4.69) is 36.9 Å². The molecule has 0 amide bonds. The van der Waals surface area contributed by atoms with Gasteiger partial charge in [0.1, 0.15) is 0 Å². The summed E-state index contributed by atoms with van der Waals surface area (Å²) >= 11 is 0. The van der Waals surface area contributed by atoms with E-state index in [4.69, 9.17) is 5.73 Å². The zero-order valence-corrected chi connectivity index (χ0v) is 13.6. The molecular formula is C19H30N2. The van der Waals surface area contributed by atoms with Crippen LogP contribution in [0.15, 0.2) is 18.2 Å². The standard InChI is InChI=1S/C19H30N2/c1-14-9-10-15(2)17(12-14)19(13-20)21-11-5-7-16-6-3-4-8-18(16)21/h9-10,12,16,18-19H,3-8,11,13,20H2,1-2H3/t16-,18-,19?/m1/s1. The number of nitrogens with two attached hydrogens (primary N) is 1. The van der Waals surface area contributed by atoms with Crippen molar-refractivity contribution in [3.05, 3.63) is 34.9 Å². The Balaban J connectivity index is 1.89. The van der Waals surface area contributed by atoms with Gasteiger partial charge in [0.05, 0.1) is 0 Å². The van der Waals surface area contributed by atoms with Gasteiger partial charge in [-0.1, -0.05) is 36.6 Å². The maximum Gasteiger partial charge on any atom is 0.0476 e. The van der Waals surface area contributed by atoms with Gasteiger partial charge in [-0.25, -0.2) is 0 Å². The molecule has 2 aliphatic rings. The summed E-state index contributed by atoms with van der Waals surface area (Å²) in [5.41, 5.74) is 10.4. The van der Waals surface area contributed by atoms with Crippen LogP contribution in [-0.2, 0) is 0 Å². The van der Waals surface area contributed by atoms with Crippen LogP contribution in [0, 0.1) is 19.8 Å². The van der Waals surface area contributed by atoms with Crippen molar-refractivity contribution in [3.8, 4) is 0 Å². The van der Waals surface area contributed by atoms with Gasteiger partial charge >= 0.3 is 0 Å². The van der Waals surface area contributed by atoms with E-state index in [1.165, 1.54) is 61.8 Å². The second-order valence-corrected chi connectivity index (χ2v) is 7.10. The average molecular weight is 286 g/mol. The Bertz CT molecular complexity index is 480. The predicted octanol–water partition coefficient (Wildman–Crippen LogP) is 3.96. The van der Waals surface area contributed by atoms with Crippen LogP contribution >= 0.6 is 0 Å². The quantitative estimate of drug-likeness (QED) is 0.911. The minimum absolute atomic E-state index is 0.413. The molecule has 1 aliphatic carbocycles. The highest BCUT2D eigenvalue weighted by molar-refractivity contribution is 5.33. The van der Waals surface area contributed by atoms with Gasteiger partial charge in [-0.15, -0.1) is 0 Å². The lowest BCUT2D eigenvalue weighted by Gasteiger charge is -2.48. The van der Waals surface area contributed by atoms with Gasteiger partial charge in [-0.3, -0.25) is 4.90 Å². The molecule has 2 heteroatoms. The van der Waals surface area contributed by atoms with Crippen LogP contribution in [0.4, 0.5) is 0 Å². The first kappa shape index (κ1) is 15.1. The molecular weight excluding hydrogens is 256 g/mol. The third-order valence-electron chi connectivity index (χ3n) is 5.70. The molecule has 1 saturated carbocycles. The van der Waals surface area contributed by atoms with E-state index in [1.807, 2.05) is 0 Å². The van der Waals surface area contributed by atoms with Crippen molar-refractivity contribution in [2.75, 3.05) is 13.1 Å². The molecule has 2 nitrogen and oxygen atoms in total. The molecule has 1 aromatic rings. The van der Waals surface area contributed by atoms with Gasteiger partial charge in [-0.05, 0) is 63.1 Å². The first-order chi connectivity index (χ1) is 10.2. The SMILES string of the molecule is Cc1ccc(C)c(C(CN)N2CCC[C@H]3CCCC[C@H]32)c1. The minimum Gasteiger partial charge on any atom is -0.329 e. The Labute approximate surface area is 129 Å². The number of nitrogens with zero attached hydrogens (tertiary/aromatic N) is 1. The Hall–Kier alpha value is -0.860. The van der Waals surface area contributed by atoms with E-state index in [0.717, 1.165) is 18.5 Å². The molecule has 0 spiro atoms. The van der Waals surface area contributed by atoms with Crippen molar-refractivity contribution >= 4 is 0 Å². The van der Waals surface area contributed by atoms with Crippen LogP contribution in [0.5, 0.6) is 0 Å². The van der Waals surface area contributed by atoms with Gasteiger partial charge in [0.25, 0.3) is 0 Å². The Morgan fingerprint density at radius 1 is 1.14 bits per heavy atom. The van der Waals surface area contributed by atoms with E-state index < -0.39 is 0 Å². The number of rotatable bonds is 3. The Morgan fingerprint density at radius 3 is 2.71 bits per heavy atom. The molecule has 1 heterocycles. The first-order valence-electron chi connectivity index (χ1n) is 8.73. The summed E-state index contributed by atoms with van der Waals surface area (Å²) in [4.78, 5) is 2.76. The van der Waals surface area contributed by atoms with Crippen molar-refractivity contribution in [1.82, 2.24) is 4.90 Å². The largest absolute Gasteiger partial charge is 0.329 e. The summed E-state index contributed by atoms with van der Waals surface area (Å²) in [6.07, 6.45) is 8.44. The van der Waals surface area contributed by atoms with Crippen molar-refractivity contribution < 1.29 is 0 Å². The highest BCUT2D eigenvalue weighted by Gasteiger charge is 2.36. The third-order valence-corrected chi connectivity index (χ3v) is 5.70. The zero-order chi connectivity index (χ0) is 14.8. The number of piperidine rings is 1. The average Bonchev–Trinajstić information content (AvgIpc) is 2.51. The predicted molar refractivity (Wildman–Crippen MR) is 89.4 cm³/mol. The van der Waals surface area contributed by atoms with E-state index in [1.54, 1.807) is 0 Å². The van der Waals surface area contributed by atoms with Crippen LogP contribution < -0.4 is 5.73 Å². The maximum atomic E-state index is 6.23. The third kappa shape index (κ3) is 3.02. The van der Waals surface area contributed by atoms with Gasteiger partial charge in [-0.2, -0.15) is 0 Å². The summed E-state index contributed by atoms with van der Waals surface area (Å²) in [6.45, 7) is 6.40. The molecule has 2 N–H and O–H groups in total. The fraction of sp³-hybridized carbons (Fsp3) is 0.684. The summed E-state index contributed by atoms with van der Waals surface area (Å²) in [5.74, 6) is 0.923. The van der Waals surface area contributed by atoms with E-state index in [0.29, 0.717) is 6.04 Å². The Kier molecular flexibility index (Phi) is 4.66. The lowest BCUT2D eigenvalue weighted by molar-refractivity contribution is 0.0274. The second-order valence-electron chi connectivity index (χ2n) is 7.10. The normalized spacial score (nSPS) is 28.1. The number of benzene rings is 1. The van der Waals surface area contributed by atoms with Gasteiger partial charge in [0.15, 0.2) is 0 Å². The second kappa shape index (κ2) is 6.50. The van der Waals surface area contributed by atoms with Crippen molar-refractivity contribution in [1.29, 1.82) is 0 Å². The molecule has 3 rings (SSSR count). The molecule has 1 unspecified atom stereocenters. The molecule has 2 fully saturated rings. The first-order valence-corrected chi connectivity index (χ1v) is 8.73. The minimum atomic E-state index is 0.413. The lowest BCUT2D eigenvalue weighted by atomic mass is 9.77. The molecule has 1 aromatic carbocycles. The summed E-state index contributed by atoms with van der Waals surface area (Å²) < 4.78 is 0. The molecule has 3 atom stereocenters. The van der Waals surface area contributed by atoms with Crippen molar-refractivity contribution in [2.45, 2.75) is 64.5 Å². The lowest BCUT2D eigenvalue weighted by Crippen LogP contribution is -2.50. The fourth-order valence-corrected chi connectivity index (χ4v) is 4.61. The fourth-order valence-electron chi connectivity index (χ4n) is 4.61. The maximum absolute atomic E-state index is 6.23. The van der Waals surface area contributed by atoms with Crippen LogP contribution in [-0.4, -0.2) is 24.0 Å². The van der Waals surface area contributed by atoms with Crippen molar-refractivity contribution in [2.24, 2.45) is 11.7 Å². The number of hydrogen-bond donors (Lipinski definition) is 1. The van der Waals surface area contributed by atoms with Crippen LogP contribution in [0.2, 0.25) is 0 Å². The molecule has 0 radical (unpaired) electrons. The van der Waals surface area contributed by atoms with Gasteiger partial charge in [0.2, 0.25) is 0 Å². The van der Waals surface area contributed by atoms with Gasteiger partial charge in [0, 0.05) is 18.6 Å². The molecule has 21 heavy (non-hydrogen) atoms. The molecule has 1 saturated heterocycles. The summed E-state index contributed by atoms with van der Waals surface area (Å²) in [6, 6.07) is 8.03. The number of likely N-dealkylation sites (tertiary alicyclic amines) is 1.